The largest absolute Gasteiger partial charge is 0.309 e. The SMILES string of the molecule is CC(=O)N(CCNS(=O)(=O)c1cccs1)c1ccccc1F. The Kier molecular flexibility index (Phi) is 5.28. The summed E-state index contributed by atoms with van der Waals surface area (Å²) in [5.74, 6) is -0.890. The Morgan fingerprint density at radius 3 is 2.59 bits per heavy atom. The number of thiophene rings is 1. The summed E-state index contributed by atoms with van der Waals surface area (Å²) in [6.45, 7) is 1.34. The summed E-state index contributed by atoms with van der Waals surface area (Å²) in [5, 5.41) is 1.66. The number of anilines is 1. The molecule has 0 bridgehead atoms. The third-order valence-electron chi connectivity index (χ3n) is 2.91. The standard InChI is InChI=1S/C14H15FN2O3S2/c1-11(18)17(13-6-3-2-5-12(13)15)9-8-16-22(19,20)14-7-4-10-21-14/h2-7,10,16H,8-9H2,1H3. The average molecular weight is 342 g/mol. The molecule has 1 aromatic carbocycles. The first-order valence-electron chi connectivity index (χ1n) is 6.47. The number of amides is 1. The Morgan fingerprint density at radius 2 is 2.00 bits per heavy atom. The smallest absolute Gasteiger partial charge is 0.250 e. The molecule has 0 radical (unpaired) electrons. The van der Waals surface area contributed by atoms with Crippen LogP contribution in [0.2, 0.25) is 0 Å². The van der Waals surface area contributed by atoms with Crippen LogP contribution in [0.3, 0.4) is 0 Å². The Hall–Kier alpha value is -1.77. The van der Waals surface area contributed by atoms with E-state index in [4.69, 9.17) is 0 Å². The van der Waals surface area contributed by atoms with Crippen molar-refractivity contribution in [2.24, 2.45) is 0 Å². The van der Waals surface area contributed by atoms with Gasteiger partial charge in [0.2, 0.25) is 15.9 Å². The Bertz CT molecular complexity index is 745. The molecule has 8 heteroatoms. The third kappa shape index (κ3) is 3.90. The number of para-hydroxylation sites is 1. The average Bonchev–Trinajstić information content (AvgIpc) is 2.99. The van der Waals surface area contributed by atoms with Gasteiger partial charge < -0.3 is 4.90 Å². The molecule has 0 saturated carbocycles. The van der Waals surface area contributed by atoms with Crippen molar-refractivity contribution in [1.29, 1.82) is 0 Å². The van der Waals surface area contributed by atoms with Crippen LogP contribution in [0.15, 0.2) is 46.0 Å². The van der Waals surface area contributed by atoms with Crippen molar-refractivity contribution in [3.05, 3.63) is 47.6 Å². The van der Waals surface area contributed by atoms with Gasteiger partial charge in [-0.05, 0) is 23.6 Å². The number of benzene rings is 1. The quantitative estimate of drug-likeness (QED) is 0.875. The van der Waals surface area contributed by atoms with Crippen LogP contribution in [-0.4, -0.2) is 27.4 Å². The molecule has 0 spiro atoms. The van der Waals surface area contributed by atoms with Gasteiger partial charge in [0, 0.05) is 20.0 Å². The molecule has 0 aliphatic heterocycles. The molecular weight excluding hydrogens is 327 g/mol. The summed E-state index contributed by atoms with van der Waals surface area (Å²) in [6, 6.07) is 9.00. The molecule has 1 amide bonds. The maximum absolute atomic E-state index is 13.8. The predicted octanol–water partition coefficient (Wildman–Crippen LogP) is 2.22. The van der Waals surface area contributed by atoms with E-state index in [9.17, 15) is 17.6 Å². The van der Waals surface area contributed by atoms with Crippen LogP contribution in [0.5, 0.6) is 0 Å². The van der Waals surface area contributed by atoms with Crippen molar-refractivity contribution in [2.45, 2.75) is 11.1 Å². The van der Waals surface area contributed by atoms with Crippen LogP contribution in [0, 0.1) is 5.82 Å². The van der Waals surface area contributed by atoms with E-state index in [-0.39, 0.29) is 28.9 Å². The highest BCUT2D eigenvalue weighted by Gasteiger charge is 2.18. The van der Waals surface area contributed by atoms with E-state index in [2.05, 4.69) is 4.72 Å². The van der Waals surface area contributed by atoms with Gasteiger partial charge in [-0.3, -0.25) is 4.79 Å². The van der Waals surface area contributed by atoms with E-state index in [1.807, 2.05) is 0 Å². The highest BCUT2D eigenvalue weighted by Crippen LogP contribution is 2.19. The van der Waals surface area contributed by atoms with E-state index < -0.39 is 15.8 Å². The summed E-state index contributed by atoms with van der Waals surface area (Å²) in [6.07, 6.45) is 0. The molecule has 118 valence electrons. The van der Waals surface area contributed by atoms with Crippen molar-refractivity contribution in [3.63, 3.8) is 0 Å². The predicted molar refractivity (Wildman–Crippen MR) is 83.9 cm³/mol. The van der Waals surface area contributed by atoms with Crippen molar-refractivity contribution in [1.82, 2.24) is 4.72 Å². The Morgan fingerprint density at radius 1 is 1.27 bits per heavy atom. The summed E-state index contributed by atoms with van der Waals surface area (Å²) >= 11 is 1.10. The fraction of sp³-hybridized carbons (Fsp3) is 0.214. The lowest BCUT2D eigenvalue weighted by Crippen LogP contribution is -2.37. The molecule has 0 saturated heterocycles. The zero-order valence-corrected chi connectivity index (χ0v) is 13.5. The van der Waals surface area contributed by atoms with Crippen LogP contribution in [-0.2, 0) is 14.8 Å². The lowest BCUT2D eigenvalue weighted by Gasteiger charge is -2.21. The molecule has 2 aromatic rings. The number of rotatable bonds is 6. The zero-order chi connectivity index (χ0) is 16.2. The van der Waals surface area contributed by atoms with Crippen molar-refractivity contribution in [3.8, 4) is 0 Å². The zero-order valence-electron chi connectivity index (χ0n) is 11.8. The van der Waals surface area contributed by atoms with Gasteiger partial charge in [0.05, 0.1) is 5.69 Å². The number of carbonyl (C=O) groups excluding carboxylic acids is 1. The number of nitrogens with zero attached hydrogens (tertiary/aromatic N) is 1. The highest BCUT2D eigenvalue weighted by molar-refractivity contribution is 7.91. The second-order valence-corrected chi connectivity index (χ2v) is 7.39. The molecule has 5 nitrogen and oxygen atoms in total. The van der Waals surface area contributed by atoms with E-state index in [0.29, 0.717) is 0 Å². The van der Waals surface area contributed by atoms with Crippen LogP contribution < -0.4 is 9.62 Å². The minimum atomic E-state index is -3.59. The first kappa shape index (κ1) is 16.6. The van der Waals surface area contributed by atoms with Gasteiger partial charge in [-0.25, -0.2) is 17.5 Å². The minimum Gasteiger partial charge on any atom is -0.309 e. The summed E-state index contributed by atoms with van der Waals surface area (Å²) < 4.78 is 40.3. The fourth-order valence-corrected chi connectivity index (χ4v) is 3.96. The fourth-order valence-electron chi connectivity index (χ4n) is 1.90. The molecule has 2 rings (SSSR count). The van der Waals surface area contributed by atoms with Gasteiger partial charge in [0.1, 0.15) is 10.0 Å². The molecule has 1 N–H and O–H groups in total. The van der Waals surface area contributed by atoms with E-state index in [1.54, 1.807) is 17.5 Å². The molecule has 22 heavy (non-hydrogen) atoms. The number of hydrogen-bond donors (Lipinski definition) is 1. The second kappa shape index (κ2) is 6.99. The molecule has 0 aliphatic rings. The number of carbonyl (C=O) groups is 1. The number of halogens is 1. The van der Waals surface area contributed by atoms with Gasteiger partial charge in [-0.2, -0.15) is 0 Å². The van der Waals surface area contributed by atoms with E-state index in [1.165, 1.54) is 36.1 Å². The Labute approximate surface area is 132 Å². The highest BCUT2D eigenvalue weighted by atomic mass is 32.2. The maximum Gasteiger partial charge on any atom is 0.250 e. The van der Waals surface area contributed by atoms with Gasteiger partial charge in [-0.1, -0.05) is 18.2 Å². The lowest BCUT2D eigenvalue weighted by atomic mass is 10.2. The third-order valence-corrected chi connectivity index (χ3v) is 5.77. The summed E-state index contributed by atoms with van der Waals surface area (Å²) in [4.78, 5) is 12.9. The van der Waals surface area contributed by atoms with Gasteiger partial charge in [0.25, 0.3) is 0 Å². The number of sulfonamides is 1. The molecular formula is C14H15FN2O3S2. The van der Waals surface area contributed by atoms with Gasteiger partial charge in [0.15, 0.2) is 0 Å². The summed E-state index contributed by atoms with van der Waals surface area (Å²) in [5.41, 5.74) is 0.130. The maximum atomic E-state index is 13.8. The first-order valence-corrected chi connectivity index (χ1v) is 8.84. The first-order chi connectivity index (χ1) is 10.4. The molecule has 0 unspecified atom stereocenters. The van der Waals surface area contributed by atoms with Gasteiger partial charge in [-0.15, -0.1) is 11.3 Å². The summed E-state index contributed by atoms with van der Waals surface area (Å²) in [7, 11) is -3.59. The number of nitrogens with one attached hydrogen (secondary N) is 1. The molecule has 1 heterocycles. The normalized spacial score (nSPS) is 11.4. The topological polar surface area (TPSA) is 66.5 Å². The van der Waals surface area contributed by atoms with Crippen molar-refractivity contribution < 1.29 is 17.6 Å². The lowest BCUT2D eigenvalue weighted by molar-refractivity contribution is -0.116. The molecule has 0 aliphatic carbocycles. The molecule has 0 fully saturated rings. The molecule has 1 aromatic heterocycles. The number of hydrogen-bond acceptors (Lipinski definition) is 4. The monoisotopic (exact) mass is 342 g/mol. The van der Waals surface area contributed by atoms with E-state index >= 15 is 0 Å². The molecule has 0 atom stereocenters. The van der Waals surface area contributed by atoms with Crippen LogP contribution in [0.1, 0.15) is 6.92 Å². The van der Waals surface area contributed by atoms with Crippen LogP contribution >= 0.6 is 11.3 Å². The van der Waals surface area contributed by atoms with Crippen LogP contribution in [0.25, 0.3) is 0 Å². The minimum absolute atomic E-state index is 0.00581. The Balaban J connectivity index is 2.05. The second-order valence-electron chi connectivity index (χ2n) is 4.45. The van der Waals surface area contributed by atoms with Crippen molar-refractivity contribution in [2.75, 3.05) is 18.0 Å². The van der Waals surface area contributed by atoms with Crippen LogP contribution in [0.4, 0.5) is 10.1 Å². The van der Waals surface area contributed by atoms with Crippen molar-refractivity contribution >= 4 is 33.0 Å². The van der Waals surface area contributed by atoms with Gasteiger partial charge >= 0.3 is 0 Å². The van der Waals surface area contributed by atoms with E-state index in [0.717, 1.165) is 11.3 Å².